The van der Waals surface area contributed by atoms with Crippen molar-refractivity contribution in [2.75, 3.05) is 47.4 Å². The molecule has 0 fully saturated rings. The molecule has 0 saturated heterocycles. The number of sulfonamides is 1. The van der Waals surface area contributed by atoms with Gasteiger partial charge in [0.1, 0.15) is 0 Å². The standard InChI is InChI=1S/C16H20F17N2O2S.C2H6O4S/c1-5-34(7-6-8-35(2,3)4)38(36,37)16(32,33)14(27,28)12(23,24)10(19,20)9(17,18)11(21,22)13(25,26)15(29,30)31;1-2-6-7(3,4)5/h5-8H2,1-4H3;2H2,1H3,(H,3,4,5)/q+1;/p-1. The van der Waals surface area contributed by atoms with Crippen LogP contribution in [0.2, 0.25) is 0 Å². The SMILES string of the molecule is CCN(CCC[N+](C)(C)C)S(=O)(=O)C(F)(F)C(F)(F)C(F)(F)C(F)(F)C(F)(F)C(F)(F)C(F)(F)C(F)(F)F.CCOS(=O)(=O)[O-]. The molecule has 0 radical (unpaired) electrons. The molecule has 0 atom stereocenters. The van der Waals surface area contributed by atoms with Gasteiger partial charge in [0, 0.05) is 19.5 Å². The summed E-state index contributed by atoms with van der Waals surface area (Å²) in [7, 11) is -7.30. The molecule has 45 heavy (non-hydrogen) atoms. The van der Waals surface area contributed by atoms with E-state index >= 15 is 0 Å². The van der Waals surface area contributed by atoms with Gasteiger partial charge >= 0.3 is 47.0 Å². The van der Waals surface area contributed by atoms with Crippen LogP contribution in [0.4, 0.5) is 74.6 Å². The van der Waals surface area contributed by atoms with Crippen LogP contribution in [0.5, 0.6) is 0 Å². The van der Waals surface area contributed by atoms with Crippen LogP contribution < -0.4 is 0 Å². The molecular formula is C18H25F17N2O6S2. The minimum absolute atomic E-state index is 0.0136. The fraction of sp³-hybridized carbons (Fsp3) is 1.00. The van der Waals surface area contributed by atoms with E-state index in [-0.39, 0.29) is 17.6 Å². The first-order valence-electron chi connectivity index (χ1n) is 11.3. The van der Waals surface area contributed by atoms with Gasteiger partial charge in [0.2, 0.25) is 10.4 Å². The summed E-state index contributed by atoms with van der Waals surface area (Å²) in [5.74, 6) is -51.6. The van der Waals surface area contributed by atoms with Crippen molar-refractivity contribution in [1.82, 2.24) is 4.31 Å². The molecule has 0 N–H and O–H groups in total. The van der Waals surface area contributed by atoms with Gasteiger partial charge in [-0.1, -0.05) is 6.92 Å². The first-order chi connectivity index (χ1) is 19.2. The molecular weight excluding hydrogens is 727 g/mol. The van der Waals surface area contributed by atoms with Gasteiger partial charge in [-0.3, -0.25) is 4.18 Å². The van der Waals surface area contributed by atoms with Crippen LogP contribution in [0.15, 0.2) is 0 Å². The van der Waals surface area contributed by atoms with Crippen molar-refractivity contribution in [3.63, 3.8) is 0 Å². The van der Waals surface area contributed by atoms with Gasteiger partial charge in [0.25, 0.3) is 10.0 Å². The van der Waals surface area contributed by atoms with Crippen LogP contribution in [-0.2, 0) is 24.6 Å². The first kappa shape index (κ1) is 45.7. The number of hydrogen-bond acceptors (Lipinski definition) is 6. The average Bonchev–Trinajstić information content (AvgIpc) is 2.78. The van der Waals surface area contributed by atoms with Crippen molar-refractivity contribution in [3.05, 3.63) is 0 Å². The minimum atomic E-state index is -8.83. The van der Waals surface area contributed by atoms with E-state index in [1.807, 2.05) is 0 Å². The molecule has 0 saturated carbocycles. The topological polar surface area (TPSA) is 104 Å². The van der Waals surface area contributed by atoms with Gasteiger partial charge < -0.3 is 9.04 Å². The zero-order chi connectivity index (χ0) is 37.3. The number of alkyl halides is 17. The predicted molar refractivity (Wildman–Crippen MR) is 116 cm³/mol. The summed E-state index contributed by atoms with van der Waals surface area (Å²) in [6, 6.07) is 0. The highest BCUT2D eigenvalue weighted by Gasteiger charge is 2.96. The van der Waals surface area contributed by atoms with Crippen LogP contribution in [0.3, 0.4) is 0 Å². The molecule has 0 aliphatic heterocycles. The Kier molecular flexibility index (Phi) is 13.8. The van der Waals surface area contributed by atoms with Crippen molar-refractivity contribution in [2.24, 2.45) is 0 Å². The first-order valence-corrected chi connectivity index (χ1v) is 14.1. The minimum Gasteiger partial charge on any atom is -0.726 e. The van der Waals surface area contributed by atoms with Crippen LogP contribution >= 0.6 is 0 Å². The second kappa shape index (κ2) is 13.6. The van der Waals surface area contributed by atoms with E-state index in [0.29, 0.717) is 6.92 Å². The second-order valence-corrected chi connectivity index (χ2v) is 12.7. The molecule has 0 rings (SSSR count). The largest absolute Gasteiger partial charge is 0.726 e. The fourth-order valence-electron chi connectivity index (χ4n) is 2.79. The predicted octanol–water partition coefficient (Wildman–Crippen LogP) is 5.18. The zero-order valence-corrected chi connectivity index (χ0v) is 24.8. The Morgan fingerprint density at radius 2 is 0.956 bits per heavy atom. The summed E-state index contributed by atoms with van der Waals surface area (Å²) >= 11 is 0. The number of hydrogen-bond donors (Lipinski definition) is 0. The van der Waals surface area contributed by atoms with E-state index < -0.39 is 91.2 Å². The third-order valence-electron chi connectivity index (χ3n) is 5.21. The Labute approximate surface area is 244 Å². The van der Waals surface area contributed by atoms with E-state index in [1.165, 1.54) is 28.1 Å². The Morgan fingerprint density at radius 1 is 0.622 bits per heavy atom. The second-order valence-electron chi connectivity index (χ2n) is 9.64. The molecule has 0 aromatic carbocycles. The molecule has 27 heteroatoms. The molecule has 0 heterocycles. The van der Waals surface area contributed by atoms with E-state index in [1.54, 1.807) is 0 Å². The van der Waals surface area contributed by atoms with Crippen LogP contribution in [0, 0.1) is 0 Å². The van der Waals surface area contributed by atoms with Crippen molar-refractivity contribution in [2.45, 2.75) is 67.2 Å². The van der Waals surface area contributed by atoms with E-state index in [4.69, 9.17) is 0 Å². The van der Waals surface area contributed by atoms with Gasteiger partial charge in [0.15, 0.2) is 0 Å². The Balaban J connectivity index is 0. The molecule has 0 amide bonds. The van der Waals surface area contributed by atoms with Crippen molar-refractivity contribution in [3.8, 4) is 0 Å². The average molecular weight is 753 g/mol. The molecule has 0 bridgehead atoms. The lowest BCUT2D eigenvalue weighted by atomic mass is 9.91. The van der Waals surface area contributed by atoms with Crippen molar-refractivity contribution in [1.29, 1.82) is 0 Å². The van der Waals surface area contributed by atoms with E-state index in [2.05, 4.69) is 4.18 Å². The fourth-order valence-corrected chi connectivity index (χ4v) is 4.56. The maximum Gasteiger partial charge on any atom is 0.460 e. The zero-order valence-electron chi connectivity index (χ0n) is 23.1. The summed E-state index contributed by atoms with van der Waals surface area (Å²) in [5, 5.41) is -7.52. The summed E-state index contributed by atoms with van der Waals surface area (Å²) < 4.78 is 283. The van der Waals surface area contributed by atoms with Crippen molar-refractivity contribution >= 4 is 20.4 Å². The van der Waals surface area contributed by atoms with Crippen LogP contribution in [-0.4, -0.2) is 125 Å². The normalized spacial score (nSPS) is 15.6. The highest BCUT2D eigenvalue weighted by atomic mass is 32.3. The number of nitrogens with zero attached hydrogens (tertiary/aromatic N) is 2. The van der Waals surface area contributed by atoms with Crippen molar-refractivity contribution < 1.29 is 105 Å². The summed E-state index contributed by atoms with van der Waals surface area (Å²) in [5.41, 5.74) is 0. The lowest BCUT2D eigenvalue weighted by molar-refractivity contribution is -0.870. The molecule has 0 aromatic heterocycles. The van der Waals surface area contributed by atoms with Gasteiger partial charge in [-0.15, -0.1) is 0 Å². The summed E-state index contributed by atoms with van der Waals surface area (Å²) in [6.07, 6.45) is -8.34. The van der Waals surface area contributed by atoms with E-state index in [9.17, 15) is 96.0 Å². The quantitative estimate of drug-likeness (QED) is 0.0989. The number of rotatable bonds is 15. The molecule has 274 valence electrons. The lowest BCUT2D eigenvalue weighted by Gasteiger charge is -2.43. The molecule has 0 unspecified atom stereocenters. The van der Waals surface area contributed by atoms with Gasteiger partial charge in [0.05, 0.1) is 34.3 Å². The molecule has 0 aliphatic carbocycles. The Morgan fingerprint density at radius 3 is 1.20 bits per heavy atom. The highest BCUT2D eigenvalue weighted by molar-refractivity contribution is 7.90. The van der Waals surface area contributed by atoms with Gasteiger partial charge in [-0.2, -0.15) is 78.9 Å². The Bertz CT molecular complexity index is 1200. The molecule has 0 aromatic rings. The third kappa shape index (κ3) is 8.72. The summed E-state index contributed by atoms with van der Waals surface area (Å²) in [4.78, 5) is 0. The maximum absolute atomic E-state index is 14.3. The third-order valence-corrected chi connectivity index (χ3v) is 7.76. The highest BCUT2D eigenvalue weighted by Crippen LogP contribution is 2.64. The molecule has 0 aliphatic rings. The smallest absolute Gasteiger partial charge is 0.460 e. The van der Waals surface area contributed by atoms with Crippen LogP contribution in [0.1, 0.15) is 20.3 Å². The maximum atomic E-state index is 14.3. The number of halogens is 17. The molecule has 8 nitrogen and oxygen atoms in total. The van der Waals surface area contributed by atoms with Crippen LogP contribution in [0.25, 0.3) is 0 Å². The van der Waals surface area contributed by atoms with Gasteiger partial charge in [-0.05, 0) is 6.92 Å². The summed E-state index contributed by atoms with van der Waals surface area (Å²) in [6.45, 7) is -0.524. The monoisotopic (exact) mass is 752 g/mol. The lowest BCUT2D eigenvalue weighted by Crippen LogP contribution is -2.75. The Hall–Kier alpha value is -1.45. The molecule has 0 spiro atoms. The van der Waals surface area contributed by atoms with E-state index in [0.717, 1.165) is 0 Å². The number of quaternary nitrogens is 1. The van der Waals surface area contributed by atoms with Gasteiger partial charge in [-0.25, -0.2) is 16.8 Å².